The molecule has 1 aromatic carbocycles. The van der Waals surface area contributed by atoms with Crippen LogP contribution < -0.4 is 10.6 Å². The smallest absolute Gasteiger partial charge is 0.408 e. The van der Waals surface area contributed by atoms with E-state index in [-0.39, 0.29) is 24.4 Å². The van der Waals surface area contributed by atoms with E-state index in [1.165, 1.54) is 0 Å². The zero-order chi connectivity index (χ0) is 24.1. The molecule has 0 aliphatic heterocycles. The van der Waals surface area contributed by atoms with Crippen LogP contribution in [0.3, 0.4) is 0 Å². The van der Waals surface area contributed by atoms with Gasteiger partial charge in [-0.05, 0) is 78.0 Å². The summed E-state index contributed by atoms with van der Waals surface area (Å²) in [6.45, 7) is 14.6. The highest BCUT2D eigenvalue weighted by atomic mass is 16.6. The number of carbonyl (C=O) groups excluding carboxylic acids is 3. The SMILES string of the molecule is C=Cc1cccc(C(C(=O)NC(C)(C)C)N(C(=O)CNC(=O)OC(C)(C)C)C2CCC2)c1. The number of benzene rings is 1. The lowest BCUT2D eigenvalue weighted by atomic mass is 9.88. The fourth-order valence-corrected chi connectivity index (χ4v) is 3.51. The number of hydrogen-bond donors (Lipinski definition) is 2. The predicted molar refractivity (Wildman–Crippen MR) is 126 cm³/mol. The van der Waals surface area contributed by atoms with Crippen LogP contribution >= 0.6 is 0 Å². The molecule has 1 aromatic rings. The molecule has 1 saturated carbocycles. The number of nitrogens with one attached hydrogen (secondary N) is 2. The summed E-state index contributed by atoms with van der Waals surface area (Å²) in [6, 6.07) is 6.60. The molecule has 0 aromatic heterocycles. The van der Waals surface area contributed by atoms with Crippen molar-refractivity contribution in [1.29, 1.82) is 0 Å². The first-order chi connectivity index (χ1) is 14.8. The molecule has 0 radical (unpaired) electrons. The van der Waals surface area contributed by atoms with Crippen LogP contribution in [-0.4, -0.2) is 46.5 Å². The molecule has 1 unspecified atom stereocenters. The minimum atomic E-state index is -0.813. The highest BCUT2D eigenvalue weighted by Gasteiger charge is 2.39. The van der Waals surface area contributed by atoms with Gasteiger partial charge in [0.1, 0.15) is 18.2 Å². The van der Waals surface area contributed by atoms with Gasteiger partial charge in [-0.1, -0.05) is 30.9 Å². The second kappa shape index (κ2) is 10.2. The van der Waals surface area contributed by atoms with E-state index in [0.29, 0.717) is 5.56 Å². The first-order valence-corrected chi connectivity index (χ1v) is 11.1. The molecule has 176 valence electrons. The largest absolute Gasteiger partial charge is 0.444 e. The third-order valence-corrected chi connectivity index (χ3v) is 5.03. The maximum atomic E-state index is 13.4. The fourth-order valence-electron chi connectivity index (χ4n) is 3.51. The second-order valence-electron chi connectivity index (χ2n) is 10.3. The maximum absolute atomic E-state index is 13.4. The predicted octanol–water partition coefficient (Wildman–Crippen LogP) is 4.19. The van der Waals surface area contributed by atoms with E-state index in [4.69, 9.17) is 4.74 Å². The van der Waals surface area contributed by atoms with Crippen molar-refractivity contribution < 1.29 is 19.1 Å². The first-order valence-electron chi connectivity index (χ1n) is 11.1. The first kappa shape index (κ1) is 25.4. The van der Waals surface area contributed by atoms with Gasteiger partial charge in [0, 0.05) is 11.6 Å². The lowest BCUT2D eigenvalue weighted by Gasteiger charge is -2.43. The minimum absolute atomic E-state index is 0.0638. The molecule has 3 amide bonds. The Labute approximate surface area is 191 Å². The number of alkyl carbamates (subject to hydrolysis) is 1. The van der Waals surface area contributed by atoms with Gasteiger partial charge in [-0.15, -0.1) is 0 Å². The Hall–Kier alpha value is -2.83. The van der Waals surface area contributed by atoms with E-state index in [1.807, 2.05) is 45.0 Å². The zero-order valence-corrected chi connectivity index (χ0v) is 20.2. The molecule has 1 fully saturated rings. The minimum Gasteiger partial charge on any atom is -0.444 e. The monoisotopic (exact) mass is 443 g/mol. The fraction of sp³-hybridized carbons (Fsp3) is 0.560. The van der Waals surface area contributed by atoms with Crippen molar-refractivity contribution in [2.45, 2.75) is 84.0 Å². The number of amides is 3. The van der Waals surface area contributed by atoms with Crippen LogP contribution in [0.15, 0.2) is 30.8 Å². The molecule has 2 rings (SSSR count). The van der Waals surface area contributed by atoms with E-state index < -0.39 is 23.3 Å². The molecule has 1 aliphatic carbocycles. The quantitative estimate of drug-likeness (QED) is 0.661. The van der Waals surface area contributed by atoms with Gasteiger partial charge in [-0.3, -0.25) is 9.59 Å². The Morgan fingerprint density at radius 3 is 2.34 bits per heavy atom. The van der Waals surface area contributed by atoms with Gasteiger partial charge < -0.3 is 20.3 Å². The van der Waals surface area contributed by atoms with Crippen LogP contribution in [-0.2, 0) is 14.3 Å². The normalized spacial score (nSPS) is 15.2. The average Bonchev–Trinajstić information content (AvgIpc) is 2.61. The topological polar surface area (TPSA) is 87.7 Å². The van der Waals surface area contributed by atoms with Gasteiger partial charge in [0.05, 0.1) is 0 Å². The molecule has 1 atom stereocenters. The van der Waals surface area contributed by atoms with Crippen molar-refractivity contribution in [1.82, 2.24) is 15.5 Å². The number of ether oxygens (including phenoxy) is 1. The lowest BCUT2D eigenvalue weighted by molar-refractivity contribution is -0.145. The zero-order valence-electron chi connectivity index (χ0n) is 20.2. The highest BCUT2D eigenvalue weighted by molar-refractivity contribution is 5.91. The van der Waals surface area contributed by atoms with Crippen LogP contribution in [0.25, 0.3) is 6.08 Å². The second-order valence-corrected chi connectivity index (χ2v) is 10.3. The molecule has 32 heavy (non-hydrogen) atoms. The molecule has 1 aliphatic rings. The number of carbonyl (C=O) groups is 3. The van der Waals surface area contributed by atoms with Crippen LogP contribution in [0.2, 0.25) is 0 Å². The Balaban J connectivity index is 2.35. The molecular formula is C25H37N3O4. The van der Waals surface area contributed by atoms with Crippen molar-refractivity contribution in [3.05, 3.63) is 42.0 Å². The summed E-state index contributed by atoms with van der Waals surface area (Å²) in [6.07, 6.45) is 3.68. The molecule has 0 bridgehead atoms. The summed E-state index contributed by atoms with van der Waals surface area (Å²) in [5, 5.41) is 5.56. The average molecular weight is 444 g/mol. The van der Waals surface area contributed by atoms with Crippen molar-refractivity contribution in [2.24, 2.45) is 0 Å². The van der Waals surface area contributed by atoms with Crippen molar-refractivity contribution in [3.8, 4) is 0 Å². The summed E-state index contributed by atoms with van der Waals surface area (Å²) >= 11 is 0. The third kappa shape index (κ3) is 7.39. The van der Waals surface area contributed by atoms with E-state index in [0.717, 1.165) is 24.8 Å². The van der Waals surface area contributed by atoms with Crippen molar-refractivity contribution in [3.63, 3.8) is 0 Å². The number of nitrogens with zero attached hydrogens (tertiary/aromatic N) is 1. The standard InChI is InChI=1S/C25H37N3O4/c1-8-17-11-9-12-18(15-17)21(22(30)27-24(2,3)4)28(19-13-10-14-19)20(29)16-26-23(31)32-25(5,6)7/h8-9,11-12,15,19,21H,1,10,13-14,16H2,2-7H3,(H,26,31)(H,27,30). The van der Waals surface area contributed by atoms with Crippen LogP contribution in [0.1, 0.15) is 78.0 Å². The van der Waals surface area contributed by atoms with Gasteiger partial charge in [0.15, 0.2) is 0 Å². The molecule has 7 heteroatoms. The Morgan fingerprint density at radius 2 is 1.84 bits per heavy atom. The summed E-state index contributed by atoms with van der Waals surface area (Å²) in [7, 11) is 0. The Bertz CT molecular complexity index is 847. The molecule has 2 N–H and O–H groups in total. The van der Waals surface area contributed by atoms with Crippen molar-refractivity contribution in [2.75, 3.05) is 6.54 Å². The molecule has 0 spiro atoms. The summed E-state index contributed by atoms with van der Waals surface area (Å²) in [5.74, 6) is -0.574. The van der Waals surface area contributed by atoms with Crippen molar-refractivity contribution >= 4 is 24.0 Å². The van der Waals surface area contributed by atoms with Gasteiger partial charge in [0.2, 0.25) is 11.8 Å². The molecule has 0 heterocycles. The van der Waals surface area contributed by atoms with Gasteiger partial charge in [-0.2, -0.15) is 0 Å². The van der Waals surface area contributed by atoms with Crippen LogP contribution in [0, 0.1) is 0 Å². The van der Waals surface area contributed by atoms with E-state index in [9.17, 15) is 14.4 Å². The Morgan fingerprint density at radius 1 is 1.19 bits per heavy atom. The molecule has 0 saturated heterocycles. The van der Waals surface area contributed by atoms with Crippen LogP contribution in [0.4, 0.5) is 4.79 Å². The van der Waals surface area contributed by atoms with E-state index in [2.05, 4.69) is 17.2 Å². The van der Waals surface area contributed by atoms with Gasteiger partial charge in [0.25, 0.3) is 0 Å². The summed E-state index contributed by atoms with van der Waals surface area (Å²) in [4.78, 5) is 40.5. The maximum Gasteiger partial charge on any atom is 0.408 e. The van der Waals surface area contributed by atoms with E-state index >= 15 is 0 Å². The van der Waals surface area contributed by atoms with E-state index in [1.54, 1.807) is 31.7 Å². The molecular weight excluding hydrogens is 406 g/mol. The third-order valence-electron chi connectivity index (χ3n) is 5.03. The van der Waals surface area contributed by atoms with Gasteiger partial charge in [-0.25, -0.2) is 4.79 Å². The summed E-state index contributed by atoms with van der Waals surface area (Å²) in [5.41, 5.74) is 0.445. The summed E-state index contributed by atoms with van der Waals surface area (Å²) < 4.78 is 5.25. The van der Waals surface area contributed by atoms with Crippen LogP contribution in [0.5, 0.6) is 0 Å². The lowest BCUT2D eigenvalue weighted by Crippen LogP contribution is -2.55. The van der Waals surface area contributed by atoms with Gasteiger partial charge >= 0.3 is 6.09 Å². The number of rotatable bonds is 7. The molecule has 7 nitrogen and oxygen atoms in total. The highest BCUT2D eigenvalue weighted by Crippen LogP contribution is 2.33. The number of hydrogen-bond acceptors (Lipinski definition) is 4. The Kier molecular flexibility index (Phi) is 8.10.